The summed E-state index contributed by atoms with van der Waals surface area (Å²) in [7, 11) is -3.67. The third-order valence-electron chi connectivity index (χ3n) is 7.48. The second-order valence-electron chi connectivity index (χ2n) is 10.2. The highest BCUT2D eigenvalue weighted by molar-refractivity contribution is 7.90. The van der Waals surface area contributed by atoms with E-state index in [1.54, 1.807) is 54.6 Å². The quantitative estimate of drug-likeness (QED) is 0.242. The van der Waals surface area contributed by atoms with Crippen molar-refractivity contribution in [2.24, 2.45) is 0 Å². The lowest BCUT2D eigenvalue weighted by Crippen LogP contribution is -2.12. The number of nitrogens with one attached hydrogen (secondary N) is 2. The van der Waals surface area contributed by atoms with Gasteiger partial charge in [-0.25, -0.2) is 13.2 Å². The molecule has 1 aliphatic heterocycles. The molecule has 2 amide bonds. The zero-order valence-electron chi connectivity index (χ0n) is 22.3. The first-order valence-electron chi connectivity index (χ1n) is 13.4. The minimum atomic E-state index is -3.67. The van der Waals surface area contributed by atoms with Crippen LogP contribution in [0.15, 0.2) is 82.1 Å². The summed E-state index contributed by atoms with van der Waals surface area (Å²) in [5, 5.41) is 14.7. The fourth-order valence-corrected chi connectivity index (χ4v) is 6.77. The predicted octanol–water partition coefficient (Wildman–Crippen LogP) is 5.58. The molecule has 3 aromatic carbocycles. The van der Waals surface area contributed by atoms with Crippen LogP contribution in [0.1, 0.15) is 61.8 Å². The van der Waals surface area contributed by atoms with E-state index in [0.717, 1.165) is 24.2 Å². The molecule has 0 radical (unpaired) electrons. The van der Waals surface area contributed by atoms with Crippen molar-refractivity contribution in [3.05, 3.63) is 112 Å². The molecule has 10 heteroatoms. The Balaban J connectivity index is 1.34. The van der Waals surface area contributed by atoms with Gasteiger partial charge in [0.2, 0.25) is 0 Å². The van der Waals surface area contributed by atoms with Gasteiger partial charge in [-0.05, 0) is 85.5 Å². The summed E-state index contributed by atoms with van der Waals surface area (Å²) in [6.45, 7) is 0. The number of aromatic carboxylic acids is 1. The van der Waals surface area contributed by atoms with Gasteiger partial charge in [0.05, 0.1) is 21.8 Å². The van der Waals surface area contributed by atoms with Crippen molar-refractivity contribution in [2.45, 2.75) is 36.3 Å². The fraction of sp³-hybridized carbons (Fsp3) is 0.156. The van der Waals surface area contributed by atoms with E-state index >= 15 is 0 Å². The van der Waals surface area contributed by atoms with Crippen molar-refractivity contribution in [3.8, 4) is 0 Å². The molecule has 0 bridgehead atoms. The number of aryl methyl sites for hydroxylation is 1. The van der Waals surface area contributed by atoms with Crippen molar-refractivity contribution in [3.63, 3.8) is 0 Å². The fourth-order valence-electron chi connectivity index (χ4n) is 5.34. The second kappa shape index (κ2) is 10.8. The van der Waals surface area contributed by atoms with Crippen LogP contribution in [0.5, 0.6) is 0 Å². The molecule has 0 spiro atoms. The van der Waals surface area contributed by atoms with E-state index in [0.29, 0.717) is 41.1 Å². The number of carboxylic acid groups (broad SMARTS) is 1. The van der Waals surface area contributed by atoms with Gasteiger partial charge in [0.25, 0.3) is 11.8 Å². The van der Waals surface area contributed by atoms with E-state index in [2.05, 4.69) is 10.6 Å². The topological polar surface area (TPSA) is 143 Å². The molecule has 0 saturated heterocycles. The van der Waals surface area contributed by atoms with Crippen LogP contribution in [0, 0.1) is 0 Å². The third-order valence-corrected chi connectivity index (χ3v) is 9.14. The van der Waals surface area contributed by atoms with Crippen LogP contribution < -0.4 is 10.6 Å². The Bertz CT molecular complexity index is 1870. The lowest BCUT2D eigenvalue weighted by Gasteiger charge is -2.11. The lowest BCUT2D eigenvalue weighted by molar-refractivity contribution is -0.110. The molecular weight excluding hydrogens is 556 g/mol. The molecule has 2 heterocycles. The molecular formula is C32H26N2O7S. The Hall–Kier alpha value is -4.96. The average molecular weight is 583 g/mol. The average Bonchev–Trinajstić information content (AvgIpc) is 3.49. The number of furan rings is 1. The first-order chi connectivity index (χ1) is 20.2. The summed E-state index contributed by atoms with van der Waals surface area (Å²) >= 11 is 0. The van der Waals surface area contributed by atoms with E-state index in [4.69, 9.17) is 9.52 Å². The van der Waals surface area contributed by atoms with E-state index in [1.165, 1.54) is 24.3 Å². The highest BCUT2D eigenvalue weighted by Crippen LogP contribution is 2.39. The number of sulfone groups is 1. The number of hydrogen-bond acceptors (Lipinski definition) is 6. The smallest absolute Gasteiger partial charge is 0.335 e. The summed E-state index contributed by atoms with van der Waals surface area (Å²) in [5.74, 6) is -1.06. The van der Waals surface area contributed by atoms with Crippen LogP contribution in [-0.4, -0.2) is 31.3 Å². The number of rotatable bonds is 7. The van der Waals surface area contributed by atoms with E-state index in [1.807, 2.05) is 0 Å². The van der Waals surface area contributed by atoms with Gasteiger partial charge in [-0.2, -0.15) is 0 Å². The van der Waals surface area contributed by atoms with Gasteiger partial charge >= 0.3 is 5.97 Å². The normalized spacial score (nSPS) is 15.1. The van der Waals surface area contributed by atoms with Gasteiger partial charge in [-0.15, -0.1) is 0 Å². The minimum absolute atomic E-state index is 0.0685. The zero-order valence-corrected chi connectivity index (χ0v) is 23.2. The first kappa shape index (κ1) is 27.2. The largest absolute Gasteiger partial charge is 0.478 e. The van der Waals surface area contributed by atoms with Gasteiger partial charge in [0.1, 0.15) is 11.5 Å². The Morgan fingerprint density at radius 1 is 0.952 bits per heavy atom. The van der Waals surface area contributed by atoms with Gasteiger partial charge in [0, 0.05) is 34.5 Å². The van der Waals surface area contributed by atoms with E-state index in [-0.39, 0.29) is 33.3 Å². The Morgan fingerprint density at radius 3 is 2.40 bits per heavy atom. The monoisotopic (exact) mass is 582 g/mol. The molecule has 1 aromatic heterocycles. The molecule has 212 valence electrons. The lowest BCUT2D eigenvalue weighted by atomic mass is 9.95. The SMILES string of the molecule is O=C1Nc2ccc(NC(=O)c3ccc(C(=O)O)cc3)cc2C1=Cc1oc2c(c1CS(=O)(=O)c1ccccc1)CCCC2. The highest BCUT2D eigenvalue weighted by atomic mass is 32.2. The minimum Gasteiger partial charge on any atom is -0.478 e. The van der Waals surface area contributed by atoms with E-state index < -0.39 is 21.7 Å². The van der Waals surface area contributed by atoms with Crippen LogP contribution in [0.3, 0.4) is 0 Å². The molecule has 1 aliphatic carbocycles. The van der Waals surface area contributed by atoms with Crippen LogP contribution in [0.25, 0.3) is 11.6 Å². The van der Waals surface area contributed by atoms with Crippen molar-refractivity contribution < 1.29 is 32.3 Å². The number of fused-ring (bicyclic) bond motifs is 2. The first-order valence-corrected chi connectivity index (χ1v) is 15.1. The number of carbonyl (C=O) groups excluding carboxylic acids is 2. The predicted molar refractivity (Wildman–Crippen MR) is 157 cm³/mol. The molecule has 0 unspecified atom stereocenters. The summed E-state index contributed by atoms with van der Waals surface area (Å²) in [5.41, 5.74) is 3.59. The van der Waals surface area contributed by atoms with Gasteiger partial charge in [-0.1, -0.05) is 18.2 Å². The van der Waals surface area contributed by atoms with Crippen molar-refractivity contribution >= 4 is 50.6 Å². The molecule has 0 atom stereocenters. The molecule has 0 fully saturated rings. The Kier molecular flexibility index (Phi) is 6.99. The Labute approximate surface area is 241 Å². The van der Waals surface area contributed by atoms with Gasteiger partial charge < -0.3 is 20.2 Å². The molecule has 4 aromatic rings. The maximum Gasteiger partial charge on any atom is 0.335 e. The number of carbonyl (C=O) groups is 3. The van der Waals surface area contributed by atoms with Crippen LogP contribution in [0.2, 0.25) is 0 Å². The molecule has 42 heavy (non-hydrogen) atoms. The van der Waals surface area contributed by atoms with Gasteiger partial charge in [0.15, 0.2) is 9.84 Å². The molecule has 0 saturated carbocycles. The second-order valence-corrected chi connectivity index (χ2v) is 12.2. The summed E-state index contributed by atoms with van der Waals surface area (Å²) in [6, 6.07) is 18.8. The van der Waals surface area contributed by atoms with Crippen LogP contribution >= 0.6 is 0 Å². The summed E-state index contributed by atoms with van der Waals surface area (Å²) in [4.78, 5) is 37.2. The maximum atomic E-state index is 13.3. The summed E-state index contributed by atoms with van der Waals surface area (Å²) in [6.07, 6.45) is 4.85. The van der Waals surface area contributed by atoms with Crippen molar-refractivity contribution in [1.82, 2.24) is 0 Å². The van der Waals surface area contributed by atoms with Crippen molar-refractivity contribution in [1.29, 1.82) is 0 Å². The Morgan fingerprint density at radius 2 is 1.67 bits per heavy atom. The van der Waals surface area contributed by atoms with Crippen molar-refractivity contribution in [2.75, 3.05) is 10.6 Å². The molecule has 3 N–H and O–H groups in total. The maximum absolute atomic E-state index is 13.3. The van der Waals surface area contributed by atoms with E-state index in [9.17, 15) is 22.8 Å². The number of hydrogen-bond donors (Lipinski definition) is 3. The standard InChI is InChI=1S/C32H26N2O7S/c35-30(19-10-12-20(13-11-19)32(37)38)33-21-14-15-27-24(16-21)25(31(36)34-27)17-29-26(23-8-4-5-9-28(23)41-29)18-42(39,40)22-6-2-1-3-7-22/h1-3,6-7,10-17H,4-5,8-9,18H2,(H,33,35)(H,34,36)(H,37,38). The third kappa shape index (κ3) is 5.24. The number of anilines is 2. The molecule has 9 nitrogen and oxygen atoms in total. The highest BCUT2D eigenvalue weighted by Gasteiger charge is 2.30. The van der Waals surface area contributed by atoms with Gasteiger partial charge in [-0.3, -0.25) is 9.59 Å². The molecule has 6 rings (SSSR count). The number of carboxylic acids is 1. The zero-order chi connectivity index (χ0) is 29.4. The van der Waals surface area contributed by atoms with Crippen LogP contribution in [-0.2, 0) is 33.2 Å². The summed E-state index contributed by atoms with van der Waals surface area (Å²) < 4.78 is 32.9. The number of amides is 2. The van der Waals surface area contributed by atoms with Crippen LogP contribution in [0.4, 0.5) is 11.4 Å². The molecule has 2 aliphatic rings. The number of benzene rings is 3.